The van der Waals surface area contributed by atoms with Crippen LogP contribution in [0, 0.1) is 11.8 Å². The molecule has 1 saturated carbocycles. The fourth-order valence-electron chi connectivity index (χ4n) is 2.53. The largest absolute Gasteiger partial charge is 0.314 e. The van der Waals surface area contributed by atoms with Crippen LogP contribution in [0.25, 0.3) is 0 Å². The zero-order valence-electron chi connectivity index (χ0n) is 10.9. The van der Waals surface area contributed by atoms with Gasteiger partial charge in [0.25, 0.3) is 0 Å². The number of hydrogen-bond acceptors (Lipinski definition) is 1. The average molecular weight is 211 g/mol. The Morgan fingerprint density at radius 3 is 2.33 bits per heavy atom. The summed E-state index contributed by atoms with van der Waals surface area (Å²) >= 11 is 0. The van der Waals surface area contributed by atoms with Gasteiger partial charge in [0.15, 0.2) is 0 Å². The van der Waals surface area contributed by atoms with E-state index in [1.807, 2.05) is 0 Å². The molecular formula is C14H29N. The minimum Gasteiger partial charge on any atom is -0.314 e. The molecule has 0 aromatic carbocycles. The Morgan fingerprint density at radius 2 is 1.73 bits per heavy atom. The van der Waals surface area contributed by atoms with Crippen LogP contribution in [-0.4, -0.2) is 12.6 Å². The molecule has 1 aliphatic rings. The van der Waals surface area contributed by atoms with Crippen molar-refractivity contribution in [3.63, 3.8) is 0 Å². The monoisotopic (exact) mass is 211 g/mol. The SMILES string of the molecule is CC(CCC1CCCCC1)CNC(C)C. The van der Waals surface area contributed by atoms with Crippen molar-refractivity contribution in [1.82, 2.24) is 5.32 Å². The summed E-state index contributed by atoms with van der Waals surface area (Å²) in [4.78, 5) is 0. The van der Waals surface area contributed by atoms with E-state index in [4.69, 9.17) is 0 Å². The van der Waals surface area contributed by atoms with Crippen LogP contribution >= 0.6 is 0 Å². The van der Waals surface area contributed by atoms with Crippen molar-refractivity contribution in [2.75, 3.05) is 6.54 Å². The molecule has 1 N–H and O–H groups in total. The van der Waals surface area contributed by atoms with Crippen LogP contribution < -0.4 is 5.32 Å². The summed E-state index contributed by atoms with van der Waals surface area (Å²) in [5, 5.41) is 3.53. The molecule has 1 nitrogen and oxygen atoms in total. The minimum absolute atomic E-state index is 0.641. The maximum absolute atomic E-state index is 3.53. The molecule has 0 spiro atoms. The lowest BCUT2D eigenvalue weighted by Gasteiger charge is -2.23. The average Bonchev–Trinajstić information content (AvgIpc) is 2.25. The maximum Gasteiger partial charge on any atom is 0.00104 e. The van der Waals surface area contributed by atoms with E-state index in [0.717, 1.165) is 11.8 Å². The summed E-state index contributed by atoms with van der Waals surface area (Å²) in [6, 6.07) is 0.641. The van der Waals surface area contributed by atoms with Gasteiger partial charge in [-0.05, 0) is 24.8 Å². The van der Waals surface area contributed by atoms with Crippen LogP contribution in [-0.2, 0) is 0 Å². The first-order chi connectivity index (χ1) is 7.18. The third-order valence-corrected chi connectivity index (χ3v) is 3.67. The van der Waals surface area contributed by atoms with Crippen LogP contribution in [0.1, 0.15) is 65.7 Å². The predicted molar refractivity (Wildman–Crippen MR) is 68.1 cm³/mol. The molecule has 1 aliphatic carbocycles. The summed E-state index contributed by atoms with van der Waals surface area (Å²) in [6.07, 6.45) is 10.4. The van der Waals surface area contributed by atoms with Crippen molar-refractivity contribution >= 4 is 0 Å². The summed E-state index contributed by atoms with van der Waals surface area (Å²) in [6.45, 7) is 8.05. The number of nitrogens with one attached hydrogen (secondary N) is 1. The Labute approximate surface area is 96.0 Å². The lowest BCUT2D eigenvalue weighted by atomic mass is 9.84. The lowest BCUT2D eigenvalue weighted by Crippen LogP contribution is -2.28. The van der Waals surface area contributed by atoms with Gasteiger partial charge >= 0.3 is 0 Å². The van der Waals surface area contributed by atoms with Crippen molar-refractivity contribution in [2.45, 2.75) is 71.8 Å². The van der Waals surface area contributed by atoms with Gasteiger partial charge < -0.3 is 5.32 Å². The Kier molecular flexibility index (Phi) is 6.31. The first-order valence-corrected chi connectivity index (χ1v) is 6.92. The molecule has 0 bridgehead atoms. The second-order valence-electron chi connectivity index (χ2n) is 5.75. The second kappa shape index (κ2) is 7.27. The topological polar surface area (TPSA) is 12.0 Å². The number of rotatable bonds is 6. The molecule has 1 heteroatoms. The normalized spacial score (nSPS) is 20.8. The third kappa shape index (κ3) is 6.19. The van der Waals surface area contributed by atoms with E-state index in [0.29, 0.717) is 6.04 Å². The third-order valence-electron chi connectivity index (χ3n) is 3.67. The summed E-state index contributed by atoms with van der Waals surface area (Å²) < 4.78 is 0. The van der Waals surface area contributed by atoms with Crippen LogP contribution in [0.3, 0.4) is 0 Å². The van der Waals surface area contributed by atoms with E-state index < -0.39 is 0 Å². The molecule has 90 valence electrons. The highest BCUT2D eigenvalue weighted by atomic mass is 14.9. The molecular weight excluding hydrogens is 182 g/mol. The van der Waals surface area contributed by atoms with Gasteiger partial charge in [-0.15, -0.1) is 0 Å². The highest BCUT2D eigenvalue weighted by Crippen LogP contribution is 2.28. The lowest BCUT2D eigenvalue weighted by molar-refractivity contribution is 0.308. The molecule has 1 fully saturated rings. The molecule has 0 amide bonds. The smallest absolute Gasteiger partial charge is 0.00104 e. The zero-order chi connectivity index (χ0) is 11.1. The van der Waals surface area contributed by atoms with Gasteiger partial charge in [-0.2, -0.15) is 0 Å². The molecule has 0 saturated heterocycles. The van der Waals surface area contributed by atoms with Crippen molar-refractivity contribution < 1.29 is 0 Å². The van der Waals surface area contributed by atoms with Crippen molar-refractivity contribution in [1.29, 1.82) is 0 Å². The Bertz CT molecular complexity index is 147. The van der Waals surface area contributed by atoms with E-state index in [1.54, 1.807) is 0 Å². The van der Waals surface area contributed by atoms with Crippen LogP contribution in [0.2, 0.25) is 0 Å². The van der Waals surface area contributed by atoms with E-state index in [1.165, 1.54) is 51.5 Å². The molecule has 1 unspecified atom stereocenters. The first-order valence-electron chi connectivity index (χ1n) is 6.92. The van der Waals surface area contributed by atoms with Crippen molar-refractivity contribution in [2.24, 2.45) is 11.8 Å². The minimum atomic E-state index is 0.641. The van der Waals surface area contributed by atoms with Gasteiger partial charge in [0.2, 0.25) is 0 Å². The van der Waals surface area contributed by atoms with Crippen LogP contribution in [0.5, 0.6) is 0 Å². The first kappa shape index (κ1) is 13.0. The highest BCUT2D eigenvalue weighted by Gasteiger charge is 2.14. The Hall–Kier alpha value is -0.0400. The Morgan fingerprint density at radius 1 is 1.07 bits per heavy atom. The molecule has 1 rings (SSSR count). The van der Waals surface area contributed by atoms with Crippen LogP contribution in [0.15, 0.2) is 0 Å². The maximum atomic E-state index is 3.53. The summed E-state index contributed by atoms with van der Waals surface area (Å²) in [5.74, 6) is 1.91. The molecule has 0 aliphatic heterocycles. The molecule has 0 aromatic heterocycles. The van der Waals surface area contributed by atoms with Crippen molar-refractivity contribution in [3.05, 3.63) is 0 Å². The van der Waals surface area contributed by atoms with Gasteiger partial charge in [-0.25, -0.2) is 0 Å². The fraction of sp³-hybridized carbons (Fsp3) is 1.00. The molecule has 15 heavy (non-hydrogen) atoms. The summed E-state index contributed by atoms with van der Waals surface area (Å²) in [7, 11) is 0. The van der Waals surface area contributed by atoms with Gasteiger partial charge in [0.05, 0.1) is 0 Å². The Balaban J connectivity index is 2.02. The van der Waals surface area contributed by atoms with E-state index in [2.05, 4.69) is 26.1 Å². The molecule has 0 radical (unpaired) electrons. The van der Waals surface area contributed by atoms with Gasteiger partial charge in [0, 0.05) is 6.04 Å². The quantitative estimate of drug-likeness (QED) is 0.700. The van der Waals surface area contributed by atoms with E-state index in [9.17, 15) is 0 Å². The van der Waals surface area contributed by atoms with Crippen LogP contribution in [0.4, 0.5) is 0 Å². The van der Waals surface area contributed by atoms with Gasteiger partial charge in [-0.1, -0.05) is 59.3 Å². The predicted octanol–water partition coefficient (Wildman–Crippen LogP) is 3.98. The number of hydrogen-bond donors (Lipinski definition) is 1. The molecule has 0 aromatic rings. The molecule has 0 heterocycles. The van der Waals surface area contributed by atoms with Gasteiger partial charge in [0.1, 0.15) is 0 Å². The zero-order valence-corrected chi connectivity index (χ0v) is 10.9. The fourth-order valence-corrected chi connectivity index (χ4v) is 2.53. The van der Waals surface area contributed by atoms with E-state index in [-0.39, 0.29) is 0 Å². The standard InChI is InChI=1S/C14H29N/c1-12(2)15-11-13(3)9-10-14-7-5-4-6-8-14/h12-15H,4-11H2,1-3H3. The van der Waals surface area contributed by atoms with Crippen molar-refractivity contribution in [3.8, 4) is 0 Å². The van der Waals surface area contributed by atoms with E-state index >= 15 is 0 Å². The van der Waals surface area contributed by atoms with Gasteiger partial charge in [-0.3, -0.25) is 0 Å². The summed E-state index contributed by atoms with van der Waals surface area (Å²) in [5.41, 5.74) is 0. The highest BCUT2D eigenvalue weighted by molar-refractivity contribution is 4.68. The second-order valence-corrected chi connectivity index (χ2v) is 5.75. The molecule has 1 atom stereocenters.